The zero-order valence-electron chi connectivity index (χ0n) is 20.3. The lowest BCUT2D eigenvalue weighted by atomic mass is 10.2. The molecule has 9 nitrogen and oxygen atoms in total. The minimum Gasteiger partial charge on any atom is -0.495 e. The summed E-state index contributed by atoms with van der Waals surface area (Å²) < 4.78 is 49.9. The fourth-order valence-electron chi connectivity index (χ4n) is 3.42. The molecule has 3 aromatic carbocycles. The molecule has 36 heavy (non-hydrogen) atoms. The number of carbonyl (C=O) groups excluding carboxylic acids is 1. The van der Waals surface area contributed by atoms with Crippen molar-refractivity contribution in [3.63, 3.8) is 0 Å². The van der Waals surface area contributed by atoms with Crippen LogP contribution < -0.4 is 28.6 Å². The number of nitrogens with one attached hydrogen (secondary N) is 1. The van der Waals surface area contributed by atoms with Crippen molar-refractivity contribution in [2.75, 3.05) is 44.1 Å². The molecule has 0 heterocycles. The van der Waals surface area contributed by atoms with Crippen molar-refractivity contribution in [3.8, 4) is 23.0 Å². The molecule has 0 saturated heterocycles. The molecular weight excluding hydrogens is 508 g/mol. The van der Waals surface area contributed by atoms with E-state index in [1.54, 1.807) is 30.3 Å². The summed E-state index contributed by atoms with van der Waals surface area (Å²) in [5.41, 5.74) is 0.547. The van der Waals surface area contributed by atoms with Gasteiger partial charge in [0.15, 0.2) is 11.5 Å². The van der Waals surface area contributed by atoms with E-state index in [2.05, 4.69) is 5.32 Å². The SMILES string of the molecule is CCOc1cccc(NC(=O)CN(c2cc(Cl)ccc2OC)S(=O)(=O)c2ccc(OC)c(OC)c2)c1. The van der Waals surface area contributed by atoms with Gasteiger partial charge < -0.3 is 24.3 Å². The molecule has 0 aliphatic carbocycles. The Kier molecular flexibility index (Phi) is 8.89. The zero-order chi connectivity index (χ0) is 26.3. The summed E-state index contributed by atoms with van der Waals surface area (Å²) >= 11 is 6.19. The highest BCUT2D eigenvalue weighted by Gasteiger charge is 2.30. The predicted molar refractivity (Wildman–Crippen MR) is 138 cm³/mol. The van der Waals surface area contributed by atoms with Gasteiger partial charge in [0, 0.05) is 22.8 Å². The molecule has 0 radical (unpaired) electrons. The summed E-state index contributed by atoms with van der Waals surface area (Å²) in [7, 11) is -0.0523. The quantitative estimate of drug-likeness (QED) is 0.383. The van der Waals surface area contributed by atoms with Crippen LogP contribution in [0.3, 0.4) is 0 Å². The van der Waals surface area contributed by atoms with Gasteiger partial charge >= 0.3 is 0 Å². The lowest BCUT2D eigenvalue weighted by molar-refractivity contribution is -0.114. The van der Waals surface area contributed by atoms with E-state index in [-0.39, 0.29) is 27.1 Å². The lowest BCUT2D eigenvalue weighted by Crippen LogP contribution is -2.38. The number of hydrogen-bond donors (Lipinski definition) is 1. The lowest BCUT2D eigenvalue weighted by Gasteiger charge is -2.26. The second kappa shape index (κ2) is 11.9. The van der Waals surface area contributed by atoms with Gasteiger partial charge in [-0.25, -0.2) is 8.42 Å². The predicted octanol–water partition coefficient (Wildman–Crippen LogP) is 4.60. The highest BCUT2D eigenvalue weighted by atomic mass is 35.5. The third kappa shape index (κ3) is 6.13. The standard InChI is InChI=1S/C25H27ClN2O7S/c1-5-35-19-8-6-7-18(14-19)27-25(29)16-28(21-13-17(26)9-11-22(21)32-2)36(30,31)20-10-12-23(33-3)24(15-20)34-4/h6-15H,5,16H2,1-4H3,(H,27,29). The second-order valence-corrected chi connectivity index (χ2v) is 9.65. The van der Waals surface area contributed by atoms with Crippen LogP contribution in [0.15, 0.2) is 65.6 Å². The summed E-state index contributed by atoms with van der Waals surface area (Å²) in [6.45, 7) is 1.75. The number of hydrogen-bond acceptors (Lipinski definition) is 7. The Hall–Kier alpha value is -3.63. The van der Waals surface area contributed by atoms with Crippen LogP contribution in [0.2, 0.25) is 5.02 Å². The number of ether oxygens (including phenoxy) is 4. The van der Waals surface area contributed by atoms with Crippen LogP contribution in [0.1, 0.15) is 6.92 Å². The summed E-state index contributed by atoms with van der Waals surface area (Å²) in [5.74, 6) is 0.773. The van der Waals surface area contributed by atoms with Crippen molar-refractivity contribution in [3.05, 3.63) is 65.7 Å². The number of sulfonamides is 1. The topological polar surface area (TPSA) is 103 Å². The van der Waals surface area contributed by atoms with Crippen molar-refractivity contribution < 1.29 is 32.2 Å². The van der Waals surface area contributed by atoms with Crippen molar-refractivity contribution in [2.45, 2.75) is 11.8 Å². The van der Waals surface area contributed by atoms with E-state index in [1.165, 1.54) is 51.7 Å². The van der Waals surface area contributed by atoms with Crippen molar-refractivity contribution in [2.24, 2.45) is 0 Å². The van der Waals surface area contributed by atoms with Gasteiger partial charge in [-0.15, -0.1) is 0 Å². The van der Waals surface area contributed by atoms with Crippen LogP contribution in [0.5, 0.6) is 23.0 Å². The van der Waals surface area contributed by atoms with Crippen LogP contribution in [-0.2, 0) is 14.8 Å². The molecule has 0 bridgehead atoms. The smallest absolute Gasteiger partial charge is 0.265 e. The van der Waals surface area contributed by atoms with Gasteiger partial charge in [-0.3, -0.25) is 9.10 Å². The molecule has 3 rings (SSSR count). The Morgan fingerprint density at radius 2 is 1.61 bits per heavy atom. The van der Waals surface area contributed by atoms with E-state index in [4.69, 9.17) is 30.5 Å². The Bertz CT molecular complexity index is 1330. The Labute approximate surface area is 215 Å². The maximum Gasteiger partial charge on any atom is 0.265 e. The van der Waals surface area contributed by atoms with Gasteiger partial charge in [-0.05, 0) is 49.4 Å². The zero-order valence-corrected chi connectivity index (χ0v) is 21.9. The molecule has 0 unspecified atom stereocenters. The average molecular weight is 535 g/mol. The Morgan fingerprint density at radius 3 is 2.28 bits per heavy atom. The highest BCUT2D eigenvalue weighted by molar-refractivity contribution is 7.92. The number of rotatable bonds is 11. The third-order valence-corrected chi connectivity index (χ3v) is 7.06. The number of nitrogens with zero attached hydrogens (tertiary/aromatic N) is 1. The normalized spacial score (nSPS) is 10.9. The first-order chi connectivity index (χ1) is 17.2. The first-order valence-corrected chi connectivity index (χ1v) is 12.7. The first kappa shape index (κ1) is 27.0. The van der Waals surface area contributed by atoms with E-state index < -0.39 is 22.5 Å². The van der Waals surface area contributed by atoms with E-state index in [9.17, 15) is 13.2 Å². The van der Waals surface area contributed by atoms with E-state index in [1.807, 2.05) is 6.92 Å². The third-order valence-electron chi connectivity index (χ3n) is 5.07. The van der Waals surface area contributed by atoms with Gasteiger partial charge in [0.05, 0.1) is 38.5 Å². The number of anilines is 2. The van der Waals surface area contributed by atoms with Gasteiger partial charge in [0.1, 0.15) is 18.0 Å². The molecule has 0 aliphatic heterocycles. The van der Waals surface area contributed by atoms with Crippen LogP contribution in [0.25, 0.3) is 0 Å². The Morgan fingerprint density at radius 1 is 0.917 bits per heavy atom. The fraction of sp³-hybridized carbons (Fsp3) is 0.240. The molecule has 192 valence electrons. The molecule has 0 aliphatic rings. The van der Waals surface area contributed by atoms with Crippen LogP contribution in [-0.4, -0.2) is 48.8 Å². The summed E-state index contributed by atoms with van der Waals surface area (Å²) in [5, 5.41) is 2.98. The molecule has 1 amide bonds. The number of benzene rings is 3. The molecule has 0 atom stereocenters. The van der Waals surface area contributed by atoms with Crippen molar-refractivity contribution in [1.82, 2.24) is 0 Å². The molecule has 11 heteroatoms. The number of methoxy groups -OCH3 is 3. The van der Waals surface area contributed by atoms with E-state index >= 15 is 0 Å². The van der Waals surface area contributed by atoms with E-state index in [0.717, 1.165) is 4.31 Å². The van der Waals surface area contributed by atoms with E-state index in [0.29, 0.717) is 23.8 Å². The van der Waals surface area contributed by atoms with Gasteiger partial charge in [-0.1, -0.05) is 17.7 Å². The first-order valence-electron chi connectivity index (χ1n) is 10.8. The minimum atomic E-state index is -4.29. The highest BCUT2D eigenvalue weighted by Crippen LogP contribution is 2.37. The largest absolute Gasteiger partial charge is 0.495 e. The Balaban J connectivity index is 2.04. The van der Waals surface area contributed by atoms with Crippen LogP contribution in [0, 0.1) is 0 Å². The van der Waals surface area contributed by atoms with Crippen molar-refractivity contribution in [1.29, 1.82) is 0 Å². The molecule has 3 aromatic rings. The number of carbonyl (C=O) groups is 1. The van der Waals surface area contributed by atoms with Crippen LogP contribution >= 0.6 is 11.6 Å². The molecular formula is C25H27ClN2O7S. The monoisotopic (exact) mass is 534 g/mol. The summed E-state index contributed by atoms with van der Waals surface area (Å²) in [6.07, 6.45) is 0. The van der Waals surface area contributed by atoms with Crippen molar-refractivity contribution >= 4 is 38.9 Å². The van der Waals surface area contributed by atoms with Gasteiger partial charge in [-0.2, -0.15) is 0 Å². The number of amides is 1. The molecule has 0 aromatic heterocycles. The van der Waals surface area contributed by atoms with Gasteiger partial charge in [0.2, 0.25) is 5.91 Å². The molecule has 1 N–H and O–H groups in total. The molecule has 0 saturated carbocycles. The summed E-state index contributed by atoms with van der Waals surface area (Å²) in [6, 6.07) is 15.5. The maximum atomic E-state index is 13.8. The van der Waals surface area contributed by atoms with Gasteiger partial charge in [0.25, 0.3) is 10.0 Å². The molecule has 0 spiro atoms. The maximum absolute atomic E-state index is 13.8. The second-order valence-electron chi connectivity index (χ2n) is 7.35. The van der Waals surface area contributed by atoms with Crippen LogP contribution in [0.4, 0.5) is 11.4 Å². The fourth-order valence-corrected chi connectivity index (χ4v) is 5.03. The number of halogens is 1. The molecule has 0 fully saturated rings. The average Bonchev–Trinajstić information content (AvgIpc) is 2.87. The minimum absolute atomic E-state index is 0.0954. The summed E-state index contributed by atoms with van der Waals surface area (Å²) in [4.78, 5) is 13.0.